The molecule has 2 heterocycles. The van der Waals surface area contributed by atoms with Gasteiger partial charge in [-0.2, -0.15) is 4.31 Å². The fraction of sp³-hybridized carbons (Fsp3) is 0.273. The van der Waals surface area contributed by atoms with Gasteiger partial charge in [0, 0.05) is 36.6 Å². The number of pyridine rings is 1. The van der Waals surface area contributed by atoms with Gasteiger partial charge in [-0.05, 0) is 36.8 Å². The van der Waals surface area contributed by atoms with Gasteiger partial charge in [0.2, 0.25) is 10.0 Å². The number of carbonyl (C=O) groups excluding carboxylic acids is 1. The number of carbonyl (C=O) groups is 1. The highest BCUT2D eigenvalue weighted by molar-refractivity contribution is 7.88. The number of rotatable bonds is 4. The van der Waals surface area contributed by atoms with Gasteiger partial charge in [-0.1, -0.05) is 41.9 Å². The molecule has 4 rings (SSSR count). The van der Waals surface area contributed by atoms with E-state index in [9.17, 15) is 13.2 Å². The lowest BCUT2D eigenvalue weighted by Gasteiger charge is -2.34. The molecule has 0 N–H and O–H groups in total. The van der Waals surface area contributed by atoms with Gasteiger partial charge in [0.15, 0.2) is 0 Å². The molecule has 30 heavy (non-hydrogen) atoms. The van der Waals surface area contributed by atoms with Crippen LogP contribution in [-0.4, -0.2) is 54.7 Å². The molecule has 0 radical (unpaired) electrons. The molecule has 1 aliphatic rings. The number of aromatic nitrogens is 1. The third-order valence-corrected chi connectivity index (χ3v) is 7.39. The number of benzene rings is 2. The van der Waals surface area contributed by atoms with E-state index >= 15 is 0 Å². The first kappa shape index (κ1) is 20.8. The summed E-state index contributed by atoms with van der Waals surface area (Å²) in [6.07, 6.45) is 0. The molecular formula is C22H22ClN3O3S. The Hall–Kier alpha value is -2.48. The molecule has 0 bridgehead atoms. The number of nitrogens with zero attached hydrogens (tertiary/aromatic N) is 3. The quantitative estimate of drug-likeness (QED) is 0.619. The van der Waals surface area contributed by atoms with Crippen molar-refractivity contribution in [1.82, 2.24) is 14.2 Å². The number of piperazine rings is 1. The fourth-order valence-electron chi connectivity index (χ4n) is 3.68. The molecule has 0 aliphatic carbocycles. The van der Waals surface area contributed by atoms with Crippen LogP contribution in [0.15, 0.2) is 54.6 Å². The van der Waals surface area contributed by atoms with Crippen molar-refractivity contribution in [3.8, 4) is 0 Å². The fourth-order valence-corrected chi connectivity index (χ4v) is 5.37. The van der Waals surface area contributed by atoms with E-state index in [4.69, 9.17) is 11.6 Å². The lowest BCUT2D eigenvalue weighted by Crippen LogP contribution is -2.50. The summed E-state index contributed by atoms with van der Waals surface area (Å²) in [5.41, 5.74) is 2.71. The van der Waals surface area contributed by atoms with Crippen LogP contribution in [0.3, 0.4) is 0 Å². The van der Waals surface area contributed by atoms with Crippen molar-refractivity contribution in [2.45, 2.75) is 12.7 Å². The largest absolute Gasteiger partial charge is 0.336 e. The Bertz CT molecular complexity index is 1190. The molecule has 1 aromatic heterocycles. The molecule has 156 valence electrons. The van der Waals surface area contributed by atoms with E-state index < -0.39 is 10.0 Å². The normalized spacial score (nSPS) is 15.5. The summed E-state index contributed by atoms with van der Waals surface area (Å²) in [4.78, 5) is 19.3. The predicted molar refractivity (Wildman–Crippen MR) is 118 cm³/mol. The molecular weight excluding hydrogens is 422 g/mol. The highest BCUT2D eigenvalue weighted by Gasteiger charge is 2.30. The molecule has 1 amide bonds. The summed E-state index contributed by atoms with van der Waals surface area (Å²) in [7, 11) is -3.42. The van der Waals surface area contributed by atoms with Crippen LogP contribution in [-0.2, 0) is 15.8 Å². The minimum atomic E-state index is -3.42. The average Bonchev–Trinajstić information content (AvgIpc) is 2.73. The van der Waals surface area contributed by atoms with E-state index in [1.165, 1.54) is 4.31 Å². The van der Waals surface area contributed by atoms with Gasteiger partial charge in [0.25, 0.3) is 5.91 Å². The summed E-state index contributed by atoms with van der Waals surface area (Å²) in [5.74, 6) is -0.169. The smallest absolute Gasteiger partial charge is 0.255 e. The van der Waals surface area contributed by atoms with Gasteiger partial charge >= 0.3 is 0 Å². The first-order valence-corrected chi connectivity index (χ1v) is 11.7. The lowest BCUT2D eigenvalue weighted by atomic mass is 10.1. The number of halogens is 1. The Kier molecular flexibility index (Phi) is 5.77. The molecule has 8 heteroatoms. The maximum atomic E-state index is 13.1. The first-order chi connectivity index (χ1) is 14.3. The summed E-state index contributed by atoms with van der Waals surface area (Å²) in [6.45, 7) is 3.07. The third kappa shape index (κ3) is 4.33. The van der Waals surface area contributed by atoms with Gasteiger partial charge in [-0.25, -0.2) is 8.42 Å². The molecule has 1 saturated heterocycles. The lowest BCUT2D eigenvalue weighted by molar-refractivity contribution is 0.0696. The van der Waals surface area contributed by atoms with E-state index in [0.717, 1.165) is 16.5 Å². The second kappa shape index (κ2) is 8.34. The Balaban J connectivity index is 1.47. The number of aryl methyl sites for hydroxylation is 1. The second-order valence-electron chi connectivity index (χ2n) is 7.39. The van der Waals surface area contributed by atoms with Crippen molar-refractivity contribution in [1.29, 1.82) is 0 Å². The van der Waals surface area contributed by atoms with Crippen LogP contribution >= 0.6 is 11.6 Å². The third-order valence-electron chi connectivity index (χ3n) is 5.31. The topological polar surface area (TPSA) is 70.6 Å². The molecule has 1 aliphatic heterocycles. The van der Waals surface area contributed by atoms with Crippen molar-refractivity contribution in [3.63, 3.8) is 0 Å². The van der Waals surface area contributed by atoms with E-state index in [1.54, 1.807) is 29.2 Å². The van der Waals surface area contributed by atoms with Crippen molar-refractivity contribution in [2.75, 3.05) is 26.2 Å². The minimum Gasteiger partial charge on any atom is -0.336 e. The summed E-state index contributed by atoms with van der Waals surface area (Å²) in [6, 6.07) is 16.3. The highest BCUT2D eigenvalue weighted by atomic mass is 35.5. The predicted octanol–water partition coefficient (Wildman–Crippen LogP) is 3.48. The Morgan fingerprint density at radius 1 is 1.03 bits per heavy atom. The zero-order chi connectivity index (χ0) is 21.3. The van der Waals surface area contributed by atoms with E-state index in [2.05, 4.69) is 4.98 Å². The van der Waals surface area contributed by atoms with Crippen LogP contribution in [0.1, 0.15) is 21.6 Å². The number of hydrogen-bond donors (Lipinski definition) is 0. The van der Waals surface area contributed by atoms with Crippen LogP contribution in [0, 0.1) is 6.92 Å². The Labute approximate surface area is 181 Å². The molecule has 0 spiro atoms. The van der Waals surface area contributed by atoms with Gasteiger partial charge in [-0.15, -0.1) is 0 Å². The Morgan fingerprint density at radius 3 is 2.43 bits per heavy atom. The standard InChI is InChI=1S/C22H22ClN3O3S/c1-16-20(14-18-13-19(23)7-8-21(18)24-16)22(27)25-9-11-26(12-10-25)30(28,29)15-17-5-3-2-4-6-17/h2-8,13-14H,9-12,15H2,1H3. The minimum absolute atomic E-state index is 0.0315. The van der Waals surface area contributed by atoms with Crippen LogP contribution in [0.4, 0.5) is 0 Å². The highest BCUT2D eigenvalue weighted by Crippen LogP contribution is 2.22. The van der Waals surface area contributed by atoms with Gasteiger partial charge < -0.3 is 4.90 Å². The zero-order valence-electron chi connectivity index (χ0n) is 16.6. The van der Waals surface area contributed by atoms with Crippen LogP contribution in [0.25, 0.3) is 10.9 Å². The maximum Gasteiger partial charge on any atom is 0.255 e. The molecule has 3 aromatic rings. The summed E-state index contributed by atoms with van der Waals surface area (Å²) >= 11 is 6.07. The number of hydrogen-bond acceptors (Lipinski definition) is 4. The van der Waals surface area contributed by atoms with Crippen molar-refractivity contribution in [2.24, 2.45) is 0 Å². The Morgan fingerprint density at radius 2 is 1.73 bits per heavy atom. The van der Waals surface area contributed by atoms with Crippen molar-refractivity contribution in [3.05, 3.63) is 76.4 Å². The molecule has 1 fully saturated rings. The van der Waals surface area contributed by atoms with Crippen molar-refractivity contribution >= 4 is 38.4 Å². The molecule has 2 aromatic carbocycles. The number of sulfonamides is 1. The number of fused-ring (bicyclic) bond motifs is 1. The van der Waals surface area contributed by atoms with E-state index in [1.807, 2.05) is 37.3 Å². The van der Waals surface area contributed by atoms with Gasteiger partial charge in [0.05, 0.1) is 22.5 Å². The second-order valence-corrected chi connectivity index (χ2v) is 9.80. The molecule has 6 nitrogen and oxygen atoms in total. The van der Waals surface area contributed by atoms with Crippen molar-refractivity contribution < 1.29 is 13.2 Å². The van der Waals surface area contributed by atoms with Gasteiger partial charge in [-0.3, -0.25) is 9.78 Å². The van der Waals surface area contributed by atoms with E-state index in [0.29, 0.717) is 29.4 Å². The molecule has 0 unspecified atom stereocenters. The average molecular weight is 444 g/mol. The van der Waals surface area contributed by atoms with Gasteiger partial charge in [0.1, 0.15) is 0 Å². The summed E-state index contributed by atoms with van der Waals surface area (Å²) < 4.78 is 26.9. The van der Waals surface area contributed by atoms with Crippen LogP contribution < -0.4 is 0 Å². The van der Waals surface area contributed by atoms with Crippen LogP contribution in [0.5, 0.6) is 0 Å². The maximum absolute atomic E-state index is 13.1. The SMILES string of the molecule is Cc1nc2ccc(Cl)cc2cc1C(=O)N1CCN(S(=O)(=O)Cc2ccccc2)CC1. The van der Waals surface area contributed by atoms with Crippen LogP contribution in [0.2, 0.25) is 5.02 Å². The zero-order valence-corrected chi connectivity index (χ0v) is 18.2. The molecule has 0 atom stereocenters. The van der Waals surface area contributed by atoms with E-state index in [-0.39, 0.29) is 24.7 Å². The molecule has 0 saturated carbocycles. The summed E-state index contributed by atoms with van der Waals surface area (Å²) in [5, 5.41) is 1.39. The number of amides is 1. The monoisotopic (exact) mass is 443 g/mol. The first-order valence-electron chi connectivity index (χ1n) is 9.71.